The highest BCUT2D eigenvalue weighted by Gasteiger charge is 2.38. The molecule has 5 heteroatoms. The van der Waals surface area contributed by atoms with Crippen molar-refractivity contribution >= 4 is 11.7 Å². The Hall–Kier alpha value is -2.53. The van der Waals surface area contributed by atoms with Gasteiger partial charge >= 0.3 is 6.03 Å². The fourth-order valence-electron chi connectivity index (χ4n) is 4.67. The molecule has 2 aromatic rings. The highest BCUT2D eigenvalue weighted by molar-refractivity contribution is 5.89. The normalized spacial score (nSPS) is 24.4. The largest absolute Gasteiger partial charge is 0.497 e. The van der Waals surface area contributed by atoms with E-state index in [0.717, 1.165) is 30.8 Å². The Bertz CT molecular complexity index is 764. The van der Waals surface area contributed by atoms with Gasteiger partial charge in [0, 0.05) is 30.4 Å². The highest BCUT2D eigenvalue weighted by atomic mass is 16.5. The molecule has 0 aliphatic carbocycles. The van der Waals surface area contributed by atoms with Gasteiger partial charge in [0.1, 0.15) is 5.75 Å². The number of nitrogens with one attached hydrogen (secondary N) is 2. The molecule has 2 saturated heterocycles. The topological polar surface area (TPSA) is 53.6 Å². The summed E-state index contributed by atoms with van der Waals surface area (Å²) in [6.45, 7) is 0.974. The number of carbonyl (C=O) groups is 1. The first kappa shape index (κ1) is 18.8. The number of ether oxygens (including phenoxy) is 1. The van der Waals surface area contributed by atoms with Crippen LogP contribution < -0.4 is 15.4 Å². The average Bonchev–Trinajstić information content (AvgIpc) is 2.70. The predicted molar refractivity (Wildman–Crippen MR) is 112 cm³/mol. The Balaban J connectivity index is 1.35. The molecule has 0 saturated carbocycles. The second kappa shape index (κ2) is 8.65. The summed E-state index contributed by atoms with van der Waals surface area (Å²) in [6, 6.07) is 19.2. The van der Waals surface area contributed by atoms with Crippen molar-refractivity contribution in [3.63, 3.8) is 0 Å². The first-order valence-electron chi connectivity index (χ1n) is 10.2. The third-order valence-corrected chi connectivity index (χ3v) is 6.02. The quantitative estimate of drug-likeness (QED) is 0.809. The van der Waals surface area contributed by atoms with E-state index in [2.05, 4.69) is 27.7 Å². The van der Waals surface area contributed by atoms with E-state index in [4.69, 9.17) is 4.74 Å². The van der Waals surface area contributed by atoms with Gasteiger partial charge in [0.2, 0.25) is 0 Å². The monoisotopic (exact) mass is 379 g/mol. The van der Waals surface area contributed by atoms with Gasteiger partial charge in [0.05, 0.1) is 7.11 Å². The Labute approximate surface area is 167 Å². The third-order valence-electron chi connectivity index (χ3n) is 6.02. The molecule has 148 valence electrons. The second-order valence-corrected chi connectivity index (χ2v) is 7.89. The van der Waals surface area contributed by atoms with E-state index in [0.29, 0.717) is 12.1 Å². The molecule has 2 aliphatic heterocycles. The smallest absolute Gasteiger partial charge is 0.319 e. The molecule has 5 nitrogen and oxygen atoms in total. The summed E-state index contributed by atoms with van der Waals surface area (Å²) in [7, 11) is 1.70. The molecule has 3 atom stereocenters. The molecular weight excluding hydrogens is 350 g/mol. The minimum atomic E-state index is -0.0992. The molecule has 2 amide bonds. The second-order valence-electron chi connectivity index (χ2n) is 7.89. The molecule has 0 radical (unpaired) electrons. The molecule has 2 bridgehead atoms. The van der Waals surface area contributed by atoms with E-state index >= 15 is 0 Å². The highest BCUT2D eigenvalue weighted by Crippen LogP contribution is 2.35. The van der Waals surface area contributed by atoms with E-state index in [9.17, 15) is 4.79 Å². The summed E-state index contributed by atoms with van der Waals surface area (Å²) in [6.07, 6.45) is 5.76. The van der Waals surface area contributed by atoms with Crippen LogP contribution in [0.3, 0.4) is 0 Å². The Morgan fingerprint density at radius 3 is 2.36 bits per heavy atom. The van der Waals surface area contributed by atoms with E-state index < -0.39 is 0 Å². The van der Waals surface area contributed by atoms with Gasteiger partial charge in [0.15, 0.2) is 0 Å². The summed E-state index contributed by atoms with van der Waals surface area (Å²) in [5, 5.41) is 6.14. The van der Waals surface area contributed by atoms with Gasteiger partial charge < -0.3 is 15.4 Å². The number of anilines is 1. The first-order valence-corrected chi connectivity index (χ1v) is 10.2. The molecule has 4 rings (SSSR count). The van der Waals surface area contributed by atoms with Crippen molar-refractivity contribution in [1.29, 1.82) is 0 Å². The summed E-state index contributed by atoms with van der Waals surface area (Å²) < 4.78 is 5.27. The van der Waals surface area contributed by atoms with Crippen molar-refractivity contribution in [3.05, 3.63) is 60.2 Å². The number of amides is 2. The van der Waals surface area contributed by atoms with Gasteiger partial charge in [-0.3, -0.25) is 4.90 Å². The third kappa shape index (κ3) is 4.47. The number of fused-ring (bicyclic) bond motifs is 2. The lowest BCUT2D eigenvalue weighted by Crippen LogP contribution is -2.56. The molecule has 0 aromatic heterocycles. The number of para-hydroxylation sites is 1. The average molecular weight is 380 g/mol. The van der Waals surface area contributed by atoms with Crippen LogP contribution in [0.4, 0.5) is 10.5 Å². The van der Waals surface area contributed by atoms with Gasteiger partial charge in [0.25, 0.3) is 0 Å². The van der Waals surface area contributed by atoms with Crippen LogP contribution in [0, 0.1) is 0 Å². The fraction of sp³-hybridized carbons (Fsp3) is 0.435. The van der Waals surface area contributed by atoms with Gasteiger partial charge in [-0.1, -0.05) is 36.8 Å². The Morgan fingerprint density at radius 1 is 1.04 bits per heavy atom. The molecular formula is C23H29N3O2. The number of rotatable bonds is 5. The SMILES string of the molecule is COc1ccc(CN2[C@@H]3CCC[C@H]2CC(NC(=O)Nc2ccccc2)C3)cc1. The number of carbonyl (C=O) groups excluding carboxylic acids is 1. The van der Waals surface area contributed by atoms with E-state index in [1.165, 1.54) is 24.8 Å². The minimum Gasteiger partial charge on any atom is -0.497 e. The molecule has 28 heavy (non-hydrogen) atoms. The zero-order chi connectivity index (χ0) is 19.3. The number of hydrogen-bond donors (Lipinski definition) is 2. The molecule has 0 spiro atoms. The maximum atomic E-state index is 12.4. The van der Waals surface area contributed by atoms with Crippen molar-refractivity contribution in [3.8, 4) is 5.75 Å². The number of methoxy groups -OCH3 is 1. The van der Waals surface area contributed by atoms with Gasteiger partial charge in [-0.15, -0.1) is 0 Å². The molecule has 2 fully saturated rings. The number of benzene rings is 2. The minimum absolute atomic E-state index is 0.0992. The maximum Gasteiger partial charge on any atom is 0.319 e. The predicted octanol–water partition coefficient (Wildman–Crippen LogP) is 4.40. The van der Waals surface area contributed by atoms with Crippen molar-refractivity contribution < 1.29 is 9.53 Å². The van der Waals surface area contributed by atoms with Crippen LogP contribution in [0.1, 0.15) is 37.7 Å². The van der Waals surface area contributed by atoms with Crippen molar-refractivity contribution in [2.75, 3.05) is 12.4 Å². The maximum absolute atomic E-state index is 12.4. The van der Waals surface area contributed by atoms with Crippen molar-refractivity contribution in [1.82, 2.24) is 10.2 Å². The van der Waals surface area contributed by atoms with Gasteiger partial charge in [-0.25, -0.2) is 4.79 Å². The molecule has 2 heterocycles. The lowest BCUT2D eigenvalue weighted by Gasteiger charge is -2.49. The lowest BCUT2D eigenvalue weighted by atomic mass is 9.81. The number of hydrogen-bond acceptors (Lipinski definition) is 3. The zero-order valence-corrected chi connectivity index (χ0v) is 16.4. The van der Waals surface area contributed by atoms with Crippen LogP contribution in [-0.4, -0.2) is 36.2 Å². The number of piperidine rings is 2. The summed E-state index contributed by atoms with van der Waals surface area (Å²) in [5.74, 6) is 0.899. The molecule has 2 aliphatic rings. The van der Waals surface area contributed by atoms with E-state index in [1.807, 2.05) is 42.5 Å². The van der Waals surface area contributed by atoms with Crippen molar-refractivity contribution in [2.45, 2.75) is 56.8 Å². The zero-order valence-electron chi connectivity index (χ0n) is 16.4. The van der Waals surface area contributed by atoms with E-state index in [-0.39, 0.29) is 12.1 Å². The van der Waals surface area contributed by atoms with Crippen molar-refractivity contribution in [2.24, 2.45) is 0 Å². The van der Waals surface area contributed by atoms with E-state index in [1.54, 1.807) is 7.11 Å². The lowest BCUT2D eigenvalue weighted by molar-refractivity contribution is 0.0200. The van der Waals surface area contributed by atoms with Crippen LogP contribution in [0.5, 0.6) is 5.75 Å². The fourth-order valence-corrected chi connectivity index (χ4v) is 4.67. The summed E-state index contributed by atoms with van der Waals surface area (Å²) >= 11 is 0. The van der Waals surface area contributed by atoms with Crippen LogP contribution in [0.2, 0.25) is 0 Å². The summed E-state index contributed by atoms with van der Waals surface area (Å²) in [4.78, 5) is 15.0. The van der Waals surface area contributed by atoms with Gasteiger partial charge in [-0.05, 0) is 55.5 Å². The Kier molecular flexibility index (Phi) is 5.81. The van der Waals surface area contributed by atoms with Gasteiger partial charge in [-0.2, -0.15) is 0 Å². The first-order chi connectivity index (χ1) is 13.7. The van der Waals surface area contributed by atoms with Crippen LogP contribution in [0.15, 0.2) is 54.6 Å². The molecule has 2 N–H and O–H groups in total. The number of nitrogens with zero attached hydrogens (tertiary/aromatic N) is 1. The summed E-state index contributed by atoms with van der Waals surface area (Å²) in [5.41, 5.74) is 2.16. The molecule has 1 unspecified atom stereocenters. The van der Waals surface area contributed by atoms with Crippen LogP contribution in [-0.2, 0) is 6.54 Å². The number of urea groups is 1. The Morgan fingerprint density at radius 2 is 1.71 bits per heavy atom. The van der Waals surface area contributed by atoms with Crippen LogP contribution in [0.25, 0.3) is 0 Å². The molecule has 2 aromatic carbocycles. The van der Waals surface area contributed by atoms with Crippen LogP contribution >= 0.6 is 0 Å². The standard InChI is InChI=1S/C23H29N3O2/c1-28-22-12-10-17(11-13-22)16-26-20-8-5-9-21(26)15-19(14-20)25-23(27)24-18-6-3-2-4-7-18/h2-4,6-7,10-13,19-21H,5,8-9,14-16H2,1H3,(H2,24,25,27)/t19?,20-,21+.